The Balaban J connectivity index is 1.87. The first-order valence-electron chi connectivity index (χ1n) is 9.01. The molecule has 0 atom stereocenters. The molecule has 5 nitrogen and oxygen atoms in total. The van der Waals surface area contributed by atoms with Crippen LogP contribution in [0.5, 0.6) is 5.88 Å². The molecule has 4 rings (SSSR count). The van der Waals surface area contributed by atoms with Crippen molar-refractivity contribution in [2.24, 2.45) is 4.99 Å². The Labute approximate surface area is 156 Å². The van der Waals surface area contributed by atoms with Crippen LogP contribution < -0.4 is 5.56 Å². The molecule has 134 valence electrons. The first-order chi connectivity index (χ1) is 12.6. The van der Waals surface area contributed by atoms with Gasteiger partial charge >= 0.3 is 0 Å². The summed E-state index contributed by atoms with van der Waals surface area (Å²) in [5.41, 5.74) is 3.41. The van der Waals surface area contributed by atoms with E-state index < -0.39 is 0 Å². The molecule has 0 unspecified atom stereocenters. The van der Waals surface area contributed by atoms with Crippen LogP contribution in [0.15, 0.2) is 34.1 Å². The third kappa shape index (κ3) is 2.84. The second-order valence-corrected chi connectivity index (χ2v) is 7.32. The monoisotopic (exact) mass is 367 g/mol. The summed E-state index contributed by atoms with van der Waals surface area (Å²) in [6.45, 7) is 1.91. The lowest BCUT2D eigenvalue weighted by Gasteiger charge is -2.25. The van der Waals surface area contributed by atoms with E-state index in [2.05, 4.69) is 9.98 Å². The number of H-pyrrole nitrogens is 1. The van der Waals surface area contributed by atoms with Crippen molar-refractivity contribution < 1.29 is 5.11 Å². The number of hydrogen-bond donors (Lipinski definition) is 2. The third-order valence-corrected chi connectivity index (χ3v) is 5.55. The molecule has 26 heavy (non-hydrogen) atoms. The molecule has 1 aliphatic heterocycles. The van der Waals surface area contributed by atoms with E-state index in [4.69, 9.17) is 12.2 Å². The van der Waals surface area contributed by atoms with E-state index in [-0.39, 0.29) is 23.0 Å². The quantitative estimate of drug-likeness (QED) is 0.752. The molecule has 1 fully saturated rings. The van der Waals surface area contributed by atoms with Crippen molar-refractivity contribution in [3.05, 3.63) is 50.5 Å². The summed E-state index contributed by atoms with van der Waals surface area (Å²) in [4.78, 5) is 19.8. The van der Waals surface area contributed by atoms with Crippen LogP contribution in [-0.2, 0) is 0 Å². The zero-order valence-corrected chi connectivity index (χ0v) is 15.5. The zero-order chi connectivity index (χ0) is 18.3. The molecule has 1 saturated carbocycles. The van der Waals surface area contributed by atoms with Gasteiger partial charge in [0.2, 0.25) is 5.88 Å². The highest BCUT2D eigenvalue weighted by Gasteiger charge is 2.23. The molecule has 2 aliphatic rings. The van der Waals surface area contributed by atoms with E-state index >= 15 is 0 Å². The lowest BCUT2D eigenvalue weighted by molar-refractivity contribution is 0.302. The fourth-order valence-corrected chi connectivity index (χ4v) is 4.25. The number of rotatable bonds is 2. The molecular formula is C20H21N3O2S. The summed E-state index contributed by atoms with van der Waals surface area (Å²) in [5, 5.41) is 10.9. The smallest absolute Gasteiger partial charge is 0.262 e. The number of benzene rings is 1. The van der Waals surface area contributed by atoms with Gasteiger partial charge in [-0.2, -0.15) is 0 Å². The van der Waals surface area contributed by atoms with Crippen molar-refractivity contribution in [1.29, 1.82) is 0 Å². The molecule has 0 spiro atoms. The molecule has 2 N–H and O–H groups in total. The maximum Gasteiger partial charge on any atom is 0.262 e. The number of aromatic hydroxyl groups is 1. The average molecular weight is 367 g/mol. The first kappa shape index (κ1) is 17.0. The number of hydrogen-bond acceptors (Lipinski definition) is 4. The second kappa shape index (κ2) is 6.68. The molecule has 0 radical (unpaired) electrons. The molecule has 0 amide bonds. The topological polar surface area (TPSA) is 70.4 Å². The van der Waals surface area contributed by atoms with Crippen LogP contribution >= 0.6 is 12.2 Å². The molecule has 1 aliphatic carbocycles. The van der Waals surface area contributed by atoms with Gasteiger partial charge in [0, 0.05) is 22.9 Å². The minimum absolute atomic E-state index is 0.0460. The van der Waals surface area contributed by atoms with Crippen molar-refractivity contribution in [1.82, 2.24) is 9.55 Å². The Morgan fingerprint density at radius 3 is 2.77 bits per heavy atom. The van der Waals surface area contributed by atoms with Crippen LogP contribution in [0.4, 0.5) is 5.69 Å². The zero-order valence-electron chi connectivity index (χ0n) is 14.7. The van der Waals surface area contributed by atoms with Gasteiger partial charge in [0.1, 0.15) is 5.56 Å². The van der Waals surface area contributed by atoms with E-state index in [1.54, 1.807) is 10.6 Å². The van der Waals surface area contributed by atoms with E-state index in [0.29, 0.717) is 4.77 Å². The van der Waals surface area contributed by atoms with Crippen molar-refractivity contribution in [2.75, 3.05) is 0 Å². The highest BCUT2D eigenvalue weighted by atomic mass is 32.1. The number of aromatic amines is 1. The van der Waals surface area contributed by atoms with Gasteiger partial charge in [-0.1, -0.05) is 37.5 Å². The summed E-state index contributed by atoms with van der Waals surface area (Å²) in [6, 6.07) is 7.93. The van der Waals surface area contributed by atoms with E-state index in [9.17, 15) is 9.90 Å². The first-order valence-corrected chi connectivity index (χ1v) is 9.41. The van der Waals surface area contributed by atoms with Gasteiger partial charge in [-0.3, -0.25) is 19.3 Å². The van der Waals surface area contributed by atoms with Crippen molar-refractivity contribution in [3.8, 4) is 5.88 Å². The minimum Gasteiger partial charge on any atom is -0.494 e. The van der Waals surface area contributed by atoms with Gasteiger partial charge in [-0.05, 0) is 44.1 Å². The molecule has 6 heteroatoms. The Kier molecular flexibility index (Phi) is 4.36. The summed E-state index contributed by atoms with van der Waals surface area (Å²) in [5.74, 6) is -0.0460. The number of allylic oxidation sites excluding steroid dienone is 1. The number of fused-ring (bicyclic) bond motifs is 1. The normalized spacial score (nSPS) is 18.8. The van der Waals surface area contributed by atoms with Crippen molar-refractivity contribution >= 4 is 35.3 Å². The van der Waals surface area contributed by atoms with Gasteiger partial charge in [0.05, 0.1) is 5.69 Å². The maximum atomic E-state index is 12.5. The van der Waals surface area contributed by atoms with E-state index in [0.717, 1.165) is 48.2 Å². The van der Waals surface area contributed by atoms with Gasteiger partial charge in [-0.15, -0.1) is 0 Å². The summed E-state index contributed by atoms with van der Waals surface area (Å²) in [7, 11) is 0. The van der Waals surface area contributed by atoms with Gasteiger partial charge in [0.25, 0.3) is 5.56 Å². The van der Waals surface area contributed by atoms with Crippen LogP contribution in [0.1, 0.15) is 56.2 Å². The number of para-hydroxylation sites is 1. The SMILES string of the molecule is CC1=Nc2ccccc2/C1=C/c1c(O)n(C2CCCCC2)c(=S)[nH]c1=O. The number of nitrogens with one attached hydrogen (secondary N) is 1. The third-order valence-electron chi connectivity index (χ3n) is 5.25. The van der Waals surface area contributed by atoms with Crippen molar-refractivity contribution in [2.45, 2.75) is 45.1 Å². The van der Waals surface area contributed by atoms with Gasteiger partial charge in [-0.25, -0.2) is 0 Å². The maximum absolute atomic E-state index is 12.5. The van der Waals surface area contributed by atoms with Gasteiger partial charge in [0.15, 0.2) is 4.77 Å². The molecule has 1 aromatic heterocycles. The fourth-order valence-electron chi connectivity index (χ4n) is 3.92. The Hall–Kier alpha value is -2.47. The van der Waals surface area contributed by atoms with Crippen LogP contribution in [0.2, 0.25) is 0 Å². The molecular weight excluding hydrogens is 346 g/mol. The van der Waals surface area contributed by atoms with E-state index in [1.165, 1.54) is 6.42 Å². The molecule has 0 saturated heterocycles. The summed E-state index contributed by atoms with van der Waals surface area (Å²) >= 11 is 5.34. The molecule has 2 aromatic rings. The second-order valence-electron chi connectivity index (χ2n) is 6.93. The number of nitrogens with zero attached hydrogens (tertiary/aromatic N) is 2. The van der Waals surface area contributed by atoms with Crippen LogP contribution in [-0.4, -0.2) is 20.4 Å². The lowest BCUT2D eigenvalue weighted by atomic mass is 9.95. The molecule has 0 bridgehead atoms. The highest BCUT2D eigenvalue weighted by molar-refractivity contribution is 7.71. The number of aliphatic imine (C=N–C) groups is 1. The molecule has 1 aromatic carbocycles. The van der Waals surface area contributed by atoms with Gasteiger partial charge < -0.3 is 5.11 Å². The summed E-state index contributed by atoms with van der Waals surface area (Å²) in [6.07, 6.45) is 7.09. The fraction of sp³-hybridized carbons (Fsp3) is 0.350. The lowest BCUT2D eigenvalue weighted by Crippen LogP contribution is -2.21. The Bertz CT molecular complexity index is 1040. The highest BCUT2D eigenvalue weighted by Crippen LogP contribution is 2.37. The van der Waals surface area contributed by atoms with E-state index in [1.807, 2.05) is 31.2 Å². The predicted molar refractivity (Wildman–Crippen MR) is 107 cm³/mol. The molecule has 2 heterocycles. The van der Waals surface area contributed by atoms with Crippen LogP contribution in [0, 0.1) is 4.77 Å². The minimum atomic E-state index is -0.371. The Morgan fingerprint density at radius 1 is 1.27 bits per heavy atom. The summed E-state index contributed by atoms with van der Waals surface area (Å²) < 4.78 is 2.01. The number of aromatic nitrogens is 2. The standard InChI is InChI=1S/C20H21N3O2S/c1-12-15(14-9-5-6-10-17(14)21-12)11-16-18(24)22-20(26)23(19(16)25)13-7-3-2-4-8-13/h5-6,9-11,13,25H,2-4,7-8H2,1H3,(H,22,24,26)/b15-11+. The predicted octanol–water partition coefficient (Wildman–Crippen LogP) is 4.76. The largest absolute Gasteiger partial charge is 0.494 e. The van der Waals surface area contributed by atoms with Crippen molar-refractivity contribution in [3.63, 3.8) is 0 Å². The van der Waals surface area contributed by atoms with Crippen LogP contribution in [0.3, 0.4) is 0 Å². The average Bonchev–Trinajstić information content (AvgIpc) is 2.94. The van der Waals surface area contributed by atoms with Crippen LogP contribution in [0.25, 0.3) is 11.6 Å². The Morgan fingerprint density at radius 2 is 2.00 bits per heavy atom.